The second kappa shape index (κ2) is 8.90. The van der Waals surface area contributed by atoms with Crippen LogP contribution in [0.2, 0.25) is 0 Å². The van der Waals surface area contributed by atoms with Crippen molar-refractivity contribution in [3.63, 3.8) is 0 Å². The van der Waals surface area contributed by atoms with Gasteiger partial charge in [0.2, 0.25) is 5.91 Å². The molecule has 5 rings (SSSR count). The zero-order valence-electron chi connectivity index (χ0n) is 18.7. The lowest BCUT2D eigenvalue weighted by Crippen LogP contribution is -2.24. The van der Waals surface area contributed by atoms with Crippen molar-refractivity contribution in [1.29, 1.82) is 0 Å². The smallest absolute Gasteiger partial charge is 0.222 e. The Balaban J connectivity index is 1.52. The molecule has 0 bridgehead atoms. The summed E-state index contributed by atoms with van der Waals surface area (Å²) in [6, 6.07) is 14.7. The third-order valence-electron chi connectivity index (χ3n) is 5.91. The molecule has 1 aliphatic heterocycles. The van der Waals surface area contributed by atoms with Gasteiger partial charge in [0.15, 0.2) is 14.9 Å². The third kappa shape index (κ3) is 4.38. The molecule has 3 aromatic heterocycles. The Morgan fingerprint density at radius 3 is 2.68 bits per heavy atom. The monoisotopic (exact) mass is 476 g/mol. The van der Waals surface area contributed by atoms with Crippen molar-refractivity contribution in [3.8, 4) is 22.9 Å². The van der Waals surface area contributed by atoms with E-state index < -0.39 is 9.84 Å². The van der Waals surface area contributed by atoms with Gasteiger partial charge in [0.1, 0.15) is 11.5 Å². The highest BCUT2D eigenvalue weighted by molar-refractivity contribution is 7.91. The Morgan fingerprint density at radius 2 is 2.00 bits per heavy atom. The van der Waals surface area contributed by atoms with Crippen molar-refractivity contribution >= 4 is 26.6 Å². The summed E-state index contributed by atoms with van der Waals surface area (Å²) in [6.07, 6.45) is 4.56. The van der Waals surface area contributed by atoms with Gasteiger partial charge in [-0.3, -0.25) is 9.78 Å². The number of fused-ring (bicyclic) bond motifs is 1. The molecule has 1 saturated heterocycles. The number of amides is 1. The summed E-state index contributed by atoms with van der Waals surface area (Å²) in [6.45, 7) is 2.72. The van der Waals surface area contributed by atoms with Crippen LogP contribution in [0.1, 0.15) is 25.3 Å². The summed E-state index contributed by atoms with van der Waals surface area (Å²) in [4.78, 5) is 26.0. The summed E-state index contributed by atoms with van der Waals surface area (Å²) in [5.74, 6) is 1.12. The topological polar surface area (TPSA) is 105 Å². The molecule has 0 spiro atoms. The average Bonchev–Trinajstić information content (AvgIpc) is 3.45. The van der Waals surface area contributed by atoms with E-state index in [1.807, 2.05) is 41.3 Å². The minimum atomic E-state index is -3.39. The van der Waals surface area contributed by atoms with Gasteiger partial charge < -0.3 is 14.6 Å². The number of sulfone groups is 1. The Bertz CT molecular complexity index is 1450. The Kier molecular flexibility index (Phi) is 5.79. The number of carbonyl (C=O) groups excluding carboxylic acids is 1. The first-order valence-corrected chi connectivity index (χ1v) is 12.8. The molecule has 1 aliphatic rings. The van der Waals surface area contributed by atoms with Crippen molar-refractivity contribution in [2.75, 3.05) is 12.3 Å². The van der Waals surface area contributed by atoms with E-state index >= 15 is 0 Å². The third-order valence-corrected chi connectivity index (χ3v) is 7.55. The lowest BCUT2D eigenvalue weighted by molar-refractivity contribution is -0.128. The van der Waals surface area contributed by atoms with Gasteiger partial charge in [0, 0.05) is 42.2 Å². The van der Waals surface area contributed by atoms with Gasteiger partial charge in [-0.15, -0.1) is 0 Å². The Morgan fingerprint density at radius 1 is 1.12 bits per heavy atom. The lowest BCUT2D eigenvalue weighted by atomic mass is 10.1. The fourth-order valence-corrected chi connectivity index (χ4v) is 4.83. The first-order valence-electron chi connectivity index (χ1n) is 11.1. The van der Waals surface area contributed by atoms with Crippen molar-refractivity contribution < 1.29 is 17.9 Å². The zero-order chi connectivity index (χ0) is 23.7. The maximum Gasteiger partial charge on any atom is 0.222 e. The maximum absolute atomic E-state index is 12.3. The lowest BCUT2D eigenvalue weighted by Gasteiger charge is -2.18. The van der Waals surface area contributed by atoms with Crippen LogP contribution in [0.15, 0.2) is 66.0 Å². The van der Waals surface area contributed by atoms with Gasteiger partial charge >= 0.3 is 0 Å². The number of aromatic nitrogens is 3. The van der Waals surface area contributed by atoms with E-state index in [0.29, 0.717) is 31.0 Å². The first kappa shape index (κ1) is 22.1. The predicted octanol–water partition coefficient (Wildman–Crippen LogP) is 4.33. The fraction of sp³-hybridized carbons (Fsp3) is 0.240. The SMILES string of the molecule is CCS(=O)(=O)c1ccc(Oc2cc3cc(-c4ccccn4)[nH]c3cc2CN2CCCC2=O)cn1. The van der Waals surface area contributed by atoms with E-state index in [4.69, 9.17) is 4.74 Å². The number of rotatable bonds is 7. The predicted molar refractivity (Wildman–Crippen MR) is 128 cm³/mol. The van der Waals surface area contributed by atoms with Crippen molar-refractivity contribution in [2.24, 2.45) is 0 Å². The second-order valence-corrected chi connectivity index (χ2v) is 10.4. The van der Waals surface area contributed by atoms with Crippen LogP contribution in [0.5, 0.6) is 11.5 Å². The van der Waals surface area contributed by atoms with Gasteiger partial charge in [-0.1, -0.05) is 13.0 Å². The number of hydrogen-bond donors (Lipinski definition) is 1. The largest absolute Gasteiger partial charge is 0.455 e. The van der Waals surface area contributed by atoms with Crippen LogP contribution in [-0.4, -0.2) is 46.5 Å². The molecule has 9 heteroatoms. The summed E-state index contributed by atoms with van der Waals surface area (Å²) in [5, 5.41) is 0.955. The molecule has 8 nitrogen and oxygen atoms in total. The van der Waals surface area contributed by atoms with Crippen LogP contribution in [0, 0.1) is 0 Å². The van der Waals surface area contributed by atoms with E-state index in [1.165, 1.54) is 12.3 Å². The number of nitrogens with one attached hydrogen (secondary N) is 1. The molecule has 1 fully saturated rings. The van der Waals surface area contributed by atoms with Crippen LogP contribution >= 0.6 is 0 Å². The Hall–Kier alpha value is -3.72. The van der Waals surface area contributed by atoms with Gasteiger partial charge in [-0.05, 0) is 48.9 Å². The minimum Gasteiger partial charge on any atom is -0.455 e. The van der Waals surface area contributed by atoms with E-state index in [2.05, 4.69) is 15.0 Å². The zero-order valence-corrected chi connectivity index (χ0v) is 19.5. The number of likely N-dealkylation sites (tertiary alicyclic amines) is 1. The molecule has 1 N–H and O–H groups in total. The first-order chi connectivity index (χ1) is 16.4. The molecule has 0 radical (unpaired) electrons. The van der Waals surface area contributed by atoms with Crippen LogP contribution in [0.25, 0.3) is 22.3 Å². The molecule has 0 unspecified atom stereocenters. The highest BCUT2D eigenvalue weighted by atomic mass is 32.2. The number of pyridine rings is 2. The molecule has 1 aromatic carbocycles. The average molecular weight is 477 g/mol. The summed E-state index contributed by atoms with van der Waals surface area (Å²) < 4.78 is 30.3. The van der Waals surface area contributed by atoms with E-state index in [-0.39, 0.29) is 16.7 Å². The number of H-pyrrole nitrogens is 1. The highest BCUT2D eigenvalue weighted by Gasteiger charge is 2.22. The Labute approximate surface area is 197 Å². The summed E-state index contributed by atoms with van der Waals surface area (Å²) in [7, 11) is -3.39. The van der Waals surface area contributed by atoms with Crippen LogP contribution in [0.3, 0.4) is 0 Å². The van der Waals surface area contributed by atoms with E-state index in [0.717, 1.165) is 34.3 Å². The number of nitrogens with zero attached hydrogens (tertiary/aromatic N) is 3. The van der Waals surface area contributed by atoms with E-state index in [1.54, 1.807) is 19.2 Å². The maximum atomic E-state index is 12.3. The quantitative estimate of drug-likeness (QED) is 0.426. The summed E-state index contributed by atoms with van der Waals surface area (Å²) in [5.41, 5.74) is 3.47. The molecule has 0 aliphatic carbocycles. The summed E-state index contributed by atoms with van der Waals surface area (Å²) >= 11 is 0. The van der Waals surface area contributed by atoms with Crippen LogP contribution in [0.4, 0.5) is 0 Å². The molecule has 0 saturated carbocycles. The fourth-order valence-electron chi connectivity index (χ4n) is 4.05. The van der Waals surface area contributed by atoms with Gasteiger partial charge in [0.25, 0.3) is 0 Å². The molecule has 1 amide bonds. The number of aromatic amines is 1. The number of ether oxygens (including phenoxy) is 1. The number of benzene rings is 1. The molecule has 0 atom stereocenters. The van der Waals surface area contributed by atoms with Crippen LogP contribution < -0.4 is 4.74 Å². The van der Waals surface area contributed by atoms with Crippen LogP contribution in [-0.2, 0) is 21.2 Å². The minimum absolute atomic E-state index is 0.0169. The van der Waals surface area contributed by atoms with E-state index in [9.17, 15) is 13.2 Å². The highest BCUT2D eigenvalue weighted by Crippen LogP contribution is 2.33. The van der Waals surface area contributed by atoms with Gasteiger partial charge in [-0.2, -0.15) is 0 Å². The normalized spacial score (nSPS) is 14.1. The molecule has 4 aromatic rings. The standard InChI is InChI=1S/C25H24N4O4S/c1-2-34(31,32)24-9-8-19(15-27-24)33-23-14-17-12-22(20-6-3-4-10-26-20)28-21(17)13-18(23)16-29-11-5-7-25(29)30/h3-4,6,8-10,12-15,28H,2,5,7,11,16H2,1H3. The molecule has 34 heavy (non-hydrogen) atoms. The van der Waals surface area contributed by atoms with Crippen molar-refractivity contribution in [3.05, 3.63) is 66.5 Å². The number of hydrogen-bond acceptors (Lipinski definition) is 6. The number of carbonyl (C=O) groups is 1. The van der Waals surface area contributed by atoms with Crippen molar-refractivity contribution in [2.45, 2.75) is 31.3 Å². The van der Waals surface area contributed by atoms with Crippen molar-refractivity contribution in [1.82, 2.24) is 19.9 Å². The molecule has 4 heterocycles. The molecule has 174 valence electrons. The second-order valence-electron chi connectivity index (χ2n) is 8.20. The molecular formula is C25H24N4O4S. The van der Waals surface area contributed by atoms with Gasteiger partial charge in [0.05, 0.1) is 23.3 Å². The van der Waals surface area contributed by atoms with Gasteiger partial charge in [-0.25, -0.2) is 13.4 Å². The molecular weight excluding hydrogens is 452 g/mol.